The Labute approximate surface area is 193 Å². The highest BCUT2D eigenvalue weighted by Crippen LogP contribution is 2.41. The molecule has 33 heavy (non-hydrogen) atoms. The predicted molar refractivity (Wildman–Crippen MR) is 132 cm³/mol. The van der Waals surface area contributed by atoms with Gasteiger partial charge in [0.1, 0.15) is 17.2 Å². The third-order valence-corrected chi connectivity index (χ3v) is 5.70. The summed E-state index contributed by atoms with van der Waals surface area (Å²) in [5.41, 5.74) is 5.61. The van der Waals surface area contributed by atoms with E-state index in [1.165, 1.54) is 0 Å². The molecule has 4 aromatic rings. The highest BCUT2D eigenvalue weighted by atomic mass is 16.5. The molecule has 5 nitrogen and oxygen atoms in total. The van der Waals surface area contributed by atoms with Crippen LogP contribution in [0.15, 0.2) is 72.8 Å². The van der Waals surface area contributed by atoms with E-state index in [1.54, 1.807) is 12.1 Å². The van der Waals surface area contributed by atoms with Crippen molar-refractivity contribution in [3.63, 3.8) is 0 Å². The number of hydrogen-bond donors (Lipinski definition) is 3. The van der Waals surface area contributed by atoms with Crippen LogP contribution in [0.1, 0.15) is 22.3 Å². The lowest BCUT2D eigenvalue weighted by Crippen LogP contribution is -2.10. The first-order valence-electron chi connectivity index (χ1n) is 10.7. The van der Waals surface area contributed by atoms with Gasteiger partial charge < -0.3 is 25.0 Å². The van der Waals surface area contributed by atoms with Crippen LogP contribution in [0.4, 0.5) is 17.1 Å². The van der Waals surface area contributed by atoms with E-state index in [9.17, 15) is 15.3 Å². The van der Waals surface area contributed by atoms with Crippen LogP contribution in [-0.4, -0.2) is 15.3 Å². The molecule has 0 heterocycles. The van der Waals surface area contributed by atoms with E-state index in [0.717, 1.165) is 39.3 Å². The fourth-order valence-electron chi connectivity index (χ4n) is 3.71. The summed E-state index contributed by atoms with van der Waals surface area (Å²) in [4.78, 5) is 2.02. The topological polar surface area (TPSA) is 73.2 Å². The highest BCUT2D eigenvalue weighted by Gasteiger charge is 2.17. The third-order valence-electron chi connectivity index (χ3n) is 5.70. The number of ether oxygens (including phenoxy) is 1. The number of anilines is 3. The number of aromatic hydroxyl groups is 3. The lowest BCUT2D eigenvalue weighted by molar-refractivity contribution is 0.406. The lowest BCUT2D eigenvalue weighted by Gasteiger charge is -2.27. The molecule has 0 aliphatic carbocycles. The van der Waals surface area contributed by atoms with Gasteiger partial charge in [0, 0.05) is 23.1 Å². The standard InChI is InChI=1S/C28H27NO4/c1-17-8-9-18(2)28(27(17)32)33-24-7-5-6-21(16-24)29(22-10-12-25(30)19(3)14-22)23-11-13-26(31)20(4)15-23/h5-16,30-32H,1-4H3. The zero-order valence-electron chi connectivity index (χ0n) is 19.1. The molecule has 168 valence electrons. The zero-order chi connectivity index (χ0) is 23.7. The first-order chi connectivity index (χ1) is 15.7. The van der Waals surface area contributed by atoms with E-state index in [4.69, 9.17) is 4.74 Å². The lowest BCUT2D eigenvalue weighted by atomic mass is 10.1. The maximum Gasteiger partial charge on any atom is 0.172 e. The summed E-state index contributed by atoms with van der Waals surface area (Å²) in [7, 11) is 0. The minimum absolute atomic E-state index is 0.126. The van der Waals surface area contributed by atoms with Gasteiger partial charge in [-0.15, -0.1) is 0 Å². The molecule has 3 N–H and O–H groups in total. The molecule has 0 saturated carbocycles. The van der Waals surface area contributed by atoms with Gasteiger partial charge in [0.15, 0.2) is 11.5 Å². The maximum atomic E-state index is 10.5. The van der Waals surface area contributed by atoms with Crippen LogP contribution in [0.2, 0.25) is 0 Å². The van der Waals surface area contributed by atoms with E-state index in [1.807, 2.05) is 93.3 Å². The normalized spacial score (nSPS) is 10.8. The van der Waals surface area contributed by atoms with Crippen LogP contribution in [0.5, 0.6) is 28.7 Å². The van der Waals surface area contributed by atoms with Crippen LogP contribution in [0.25, 0.3) is 0 Å². The Bertz CT molecular complexity index is 1280. The summed E-state index contributed by atoms with van der Waals surface area (Å²) in [6.45, 7) is 7.42. The van der Waals surface area contributed by atoms with Crippen molar-refractivity contribution in [1.82, 2.24) is 0 Å². The molecule has 0 radical (unpaired) electrons. The van der Waals surface area contributed by atoms with Gasteiger partial charge >= 0.3 is 0 Å². The van der Waals surface area contributed by atoms with Gasteiger partial charge in [0.2, 0.25) is 0 Å². The summed E-state index contributed by atoms with van der Waals surface area (Å²) in [5.74, 6) is 1.58. The second-order valence-electron chi connectivity index (χ2n) is 8.25. The summed E-state index contributed by atoms with van der Waals surface area (Å²) in [6, 6.07) is 22.2. The van der Waals surface area contributed by atoms with Crippen LogP contribution < -0.4 is 9.64 Å². The molecule has 0 aliphatic heterocycles. The Hall–Kier alpha value is -4.12. The molecule has 0 aromatic heterocycles. The molecular weight excluding hydrogens is 414 g/mol. The Kier molecular flexibility index (Phi) is 5.88. The SMILES string of the molecule is Cc1cc(N(c2cccc(Oc3c(C)ccc(C)c3O)c2)c2ccc(O)c(C)c2)ccc1O. The number of rotatable bonds is 5. The minimum Gasteiger partial charge on any atom is -0.508 e. The molecule has 5 heteroatoms. The molecule has 0 aliphatic rings. The van der Waals surface area contributed by atoms with E-state index < -0.39 is 0 Å². The van der Waals surface area contributed by atoms with Gasteiger partial charge in [-0.05, 0) is 98.5 Å². The average Bonchev–Trinajstić information content (AvgIpc) is 2.79. The summed E-state index contributed by atoms with van der Waals surface area (Å²) in [6.07, 6.45) is 0. The van der Waals surface area contributed by atoms with E-state index in [-0.39, 0.29) is 17.2 Å². The first kappa shape index (κ1) is 22.1. The smallest absolute Gasteiger partial charge is 0.172 e. The highest BCUT2D eigenvalue weighted by molar-refractivity contribution is 5.78. The van der Waals surface area contributed by atoms with E-state index >= 15 is 0 Å². The minimum atomic E-state index is 0.126. The largest absolute Gasteiger partial charge is 0.508 e. The van der Waals surface area contributed by atoms with Crippen LogP contribution in [-0.2, 0) is 0 Å². The van der Waals surface area contributed by atoms with Crippen molar-refractivity contribution in [3.05, 3.63) is 95.1 Å². The third kappa shape index (κ3) is 4.44. The Balaban J connectivity index is 1.82. The van der Waals surface area contributed by atoms with Crippen LogP contribution >= 0.6 is 0 Å². The van der Waals surface area contributed by atoms with E-state index in [0.29, 0.717) is 11.5 Å². The molecule has 0 atom stereocenters. The van der Waals surface area contributed by atoms with Gasteiger partial charge in [-0.2, -0.15) is 0 Å². The van der Waals surface area contributed by atoms with Crippen molar-refractivity contribution < 1.29 is 20.1 Å². The Morgan fingerprint density at radius 1 is 0.576 bits per heavy atom. The molecule has 0 bridgehead atoms. The molecule has 0 saturated heterocycles. The van der Waals surface area contributed by atoms with Gasteiger partial charge in [0.05, 0.1) is 0 Å². The maximum absolute atomic E-state index is 10.5. The monoisotopic (exact) mass is 441 g/mol. The zero-order valence-corrected chi connectivity index (χ0v) is 19.1. The van der Waals surface area contributed by atoms with Crippen molar-refractivity contribution in [2.75, 3.05) is 4.90 Å². The van der Waals surface area contributed by atoms with Crippen molar-refractivity contribution in [2.24, 2.45) is 0 Å². The van der Waals surface area contributed by atoms with Gasteiger partial charge in [-0.1, -0.05) is 18.2 Å². The Morgan fingerprint density at radius 3 is 1.70 bits per heavy atom. The quantitative estimate of drug-likeness (QED) is 0.303. The number of aryl methyl sites for hydroxylation is 4. The fourth-order valence-corrected chi connectivity index (χ4v) is 3.71. The van der Waals surface area contributed by atoms with Crippen LogP contribution in [0.3, 0.4) is 0 Å². The number of phenols is 3. The average molecular weight is 442 g/mol. The molecule has 4 aromatic carbocycles. The molecule has 0 amide bonds. The molecule has 4 rings (SSSR count). The number of nitrogens with zero attached hydrogens (tertiary/aromatic N) is 1. The van der Waals surface area contributed by atoms with Gasteiger partial charge in [0.25, 0.3) is 0 Å². The van der Waals surface area contributed by atoms with Gasteiger partial charge in [-0.3, -0.25) is 0 Å². The number of phenolic OH excluding ortho intramolecular Hbond substituents is 3. The predicted octanol–water partition coefficient (Wildman–Crippen LogP) is 7.30. The fraction of sp³-hybridized carbons (Fsp3) is 0.143. The molecule has 0 unspecified atom stereocenters. The summed E-state index contributed by atoms with van der Waals surface area (Å²) in [5, 5.41) is 30.6. The van der Waals surface area contributed by atoms with Crippen molar-refractivity contribution in [3.8, 4) is 28.7 Å². The molecule has 0 fully saturated rings. The molecular formula is C28H27NO4. The second kappa shape index (κ2) is 8.79. The number of hydrogen-bond acceptors (Lipinski definition) is 5. The van der Waals surface area contributed by atoms with E-state index in [2.05, 4.69) is 0 Å². The Morgan fingerprint density at radius 2 is 1.12 bits per heavy atom. The van der Waals surface area contributed by atoms with Crippen LogP contribution in [0, 0.1) is 27.7 Å². The summed E-state index contributed by atoms with van der Waals surface area (Å²) >= 11 is 0. The summed E-state index contributed by atoms with van der Waals surface area (Å²) < 4.78 is 6.11. The second-order valence-corrected chi connectivity index (χ2v) is 8.25. The molecule has 0 spiro atoms. The van der Waals surface area contributed by atoms with Crippen molar-refractivity contribution >= 4 is 17.1 Å². The number of benzene rings is 4. The van der Waals surface area contributed by atoms with Crippen molar-refractivity contribution in [1.29, 1.82) is 0 Å². The first-order valence-corrected chi connectivity index (χ1v) is 10.7. The van der Waals surface area contributed by atoms with Gasteiger partial charge in [-0.25, -0.2) is 0 Å². The van der Waals surface area contributed by atoms with Crippen molar-refractivity contribution in [2.45, 2.75) is 27.7 Å².